The first kappa shape index (κ1) is 32.7. The van der Waals surface area contributed by atoms with E-state index in [2.05, 4.69) is 52.9 Å². The van der Waals surface area contributed by atoms with Crippen molar-refractivity contribution >= 4 is 14.3 Å². The molecule has 0 aromatic heterocycles. The van der Waals surface area contributed by atoms with E-state index in [1.54, 1.807) is 7.11 Å². The first-order chi connectivity index (χ1) is 18.5. The highest BCUT2D eigenvalue weighted by atomic mass is 28.4. The fourth-order valence-electron chi connectivity index (χ4n) is 6.12. The number of carbonyl (C=O) groups excluding carboxylic acids is 1. The summed E-state index contributed by atoms with van der Waals surface area (Å²) in [4.78, 5) is 13.2. The lowest BCUT2D eigenvalue weighted by Gasteiger charge is -2.42. The lowest BCUT2D eigenvalue weighted by Crippen LogP contribution is -2.47. The molecule has 1 aliphatic heterocycles. The van der Waals surface area contributed by atoms with Crippen LogP contribution in [0.5, 0.6) is 0 Å². The number of carbonyl (C=O) groups is 1. The summed E-state index contributed by atoms with van der Waals surface area (Å²) in [6.45, 7) is 16.3. The molecule has 0 radical (unpaired) electrons. The van der Waals surface area contributed by atoms with E-state index in [1.165, 1.54) is 7.11 Å². The zero-order valence-corrected chi connectivity index (χ0v) is 26.6. The third kappa shape index (κ3) is 8.84. The molecule has 3 aliphatic rings. The molecule has 8 nitrogen and oxygen atoms in total. The van der Waals surface area contributed by atoms with Crippen LogP contribution in [-0.2, 0) is 37.6 Å². The van der Waals surface area contributed by atoms with Gasteiger partial charge < -0.3 is 32.8 Å². The maximum atomic E-state index is 13.2. The van der Waals surface area contributed by atoms with Crippen LogP contribution in [0.25, 0.3) is 0 Å². The van der Waals surface area contributed by atoms with Gasteiger partial charge in [0, 0.05) is 19.1 Å². The fourth-order valence-corrected chi connectivity index (χ4v) is 7.50. The summed E-state index contributed by atoms with van der Waals surface area (Å²) in [5.74, 6) is 0.309. The topological polar surface area (TPSA) is 81.7 Å². The van der Waals surface area contributed by atoms with Gasteiger partial charge in [-0.25, -0.2) is 0 Å². The molecule has 39 heavy (non-hydrogen) atoms. The molecular weight excluding hydrogens is 516 g/mol. The van der Waals surface area contributed by atoms with Crippen molar-refractivity contribution in [1.29, 1.82) is 0 Å². The van der Waals surface area contributed by atoms with E-state index < -0.39 is 8.32 Å². The van der Waals surface area contributed by atoms with Crippen molar-refractivity contribution in [1.82, 2.24) is 0 Å². The molecule has 0 N–H and O–H groups in total. The van der Waals surface area contributed by atoms with Crippen LogP contribution in [0.3, 0.4) is 0 Å². The van der Waals surface area contributed by atoms with Crippen LogP contribution < -0.4 is 0 Å². The molecule has 0 aromatic rings. The van der Waals surface area contributed by atoms with Gasteiger partial charge in [-0.2, -0.15) is 0 Å². The maximum Gasteiger partial charge on any atom is 0.309 e. The number of allylic oxidation sites excluding steroid dienone is 1. The Morgan fingerprint density at radius 2 is 1.77 bits per heavy atom. The summed E-state index contributed by atoms with van der Waals surface area (Å²) in [7, 11) is 1.11. The van der Waals surface area contributed by atoms with Gasteiger partial charge in [-0.05, 0) is 68.0 Å². The minimum absolute atomic E-state index is 0.0248. The summed E-state index contributed by atoms with van der Waals surface area (Å²) >= 11 is 0. The van der Waals surface area contributed by atoms with Crippen molar-refractivity contribution in [3.8, 4) is 0 Å². The third-order valence-corrected chi connectivity index (χ3v) is 13.9. The van der Waals surface area contributed by atoms with E-state index in [0.717, 1.165) is 32.1 Å². The van der Waals surface area contributed by atoms with Crippen LogP contribution in [0.4, 0.5) is 0 Å². The Bertz CT molecular complexity index is 775. The highest BCUT2D eigenvalue weighted by molar-refractivity contribution is 6.74. The quantitative estimate of drug-likeness (QED) is 0.0882. The standard InChI is InChI=1S/C30H54O8Si/c1-21(9-14-27-35-17-18-36-27)28(29(31)33-6)22-10-11-23-24(12-13-25(23)37-20-34-16-15-32-5)26(19-22)38-39(7,8)30(2,3)4/h10-11,21-28H,9,12-20H2,1-8H3/t21-,22+,23+,24+,25-,26-,28-/m0/s1. The molecule has 2 aliphatic carbocycles. The lowest BCUT2D eigenvalue weighted by atomic mass is 9.77. The minimum Gasteiger partial charge on any atom is -0.469 e. The number of hydrogen-bond donors (Lipinski definition) is 0. The van der Waals surface area contributed by atoms with Crippen LogP contribution in [0, 0.1) is 29.6 Å². The summed E-state index contributed by atoms with van der Waals surface area (Å²) in [5.41, 5.74) is 0. The van der Waals surface area contributed by atoms with Gasteiger partial charge >= 0.3 is 5.97 Å². The van der Waals surface area contributed by atoms with E-state index in [-0.39, 0.29) is 60.0 Å². The maximum absolute atomic E-state index is 13.2. The minimum atomic E-state index is -2.05. The second kappa shape index (κ2) is 14.9. The molecular formula is C30H54O8Si. The third-order valence-electron chi connectivity index (χ3n) is 9.42. The number of esters is 1. The smallest absolute Gasteiger partial charge is 0.309 e. The molecule has 9 heteroatoms. The number of methoxy groups -OCH3 is 2. The van der Waals surface area contributed by atoms with Gasteiger partial charge in [-0.3, -0.25) is 4.79 Å². The Hall–Kier alpha value is -0.813. The zero-order valence-electron chi connectivity index (χ0n) is 25.6. The Kier molecular flexibility index (Phi) is 12.5. The van der Waals surface area contributed by atoms with Crippen molar-refractivity contribution in [2.45, 2.75) is 96.4 Å². The van der Waals surface area contributed by atoms with Crippen molar-refractivity contribution in [2.24, 2.45) is 29.6 Å². The predicted molar refractivity (Wildman–Crippen MR) is 153 cm³/mol. The molecule has 1 saturated carbocycles. The molecule has 226 valence electrons. The van der Waals surface area contributed by atoms with E-state index >= 15 is 0 Å². The highest BCUT2D eigenvalue weighted by Gasteiger charge is 2.48. The molecule has 0 spiro atoms. The van der Waals surface area contributed by atoms with E-state index in [1.807, 2.05) is 0 Å². The van der Waals surface area contributed by atoms with Crippen LogP contribution in [-0.4, -0.2) is 80.2 Å². The number of hydrogen-bond acceptors (Lipinski definition) is 8. The first-order valence-electron chi connectivity index (χ1n) is 14.8. The summed E-state index contributed by atoms with van der Waals surface area (Å²) < 4.78 is 40.8. The van der Waals surface area contributed by atoms with Crippen LogP contribution in [0.15, 0.2) is 12.2 Å². The summed E-state index contributed by atoms with van der Waals surface area (Å²) in [6.07, 6.45) is 8.97. The molecule has 0 bridgehead atoms. The lowest BCUT2D eigenvalue weighted by molar-refractivity contribution is -0.149. The average molecular weight is 571 g/mol. The normalized spacial score (nSPS) is 29.7. The number of rotatable bonds is 14. The predicted octanol–water partition coefficient (Wildman–Crippen LogP) is 5.56. The monoisotopic (exact) mass is 570 g/mol. The molecule has 0 unspecified atom stereocenters. The van der Waals surface area contributed by atoms with Crippen molar-refractivity contribution < 1.29 is 37.6 Å². The number of fused-ring (bicyclic) bond motifs is 1. The van der Waals surface area contributed by atoms with E-state index in [4.69, 9.17) is 32.8 Å². The molecule has 7 atom stereocenters. The SMILES string of the molecule is COCCOCO[C@H]1CC[C@@H]2[C@H]1C=C[C@@H]([C@@H](C(=O)OC)[C@@H](C)CCC1OCCO1)C[C@@H]2O[Si](C)(C)C(C)(C)C. The van der Waals surface area contributed by atoms with Gasteiger partial charge in [-0.15, -0.1) is 0 Å². The second-order valence-corrected chi connectivity index (χ2v) is 17.8. The van der Waals surface area contributed by atoms with Gasteiger partial charge in [-0.1, -0.05) is 39.8 Å². The van der Waals surface area contributed by atoms with Gasteiger partial charge in [0.15, 0.2) is 14.6 Å². The fraction of sp³-hybridized carbons (Fsp3) is 0.900. The molecule has 1 heterocycles. The molecule has 3 rings (SSSR count). The largest absolute Gasteiger partial charge is 0.469 e. The Morgan fingerprint density at radius 1 is 1.05 bits per heavy atom. The highest BCUT2D eigenvalue weighted by Crippen LogP contribution is 2.47. The Balaban J connectivity index is 1.81. The van der Waals surface area contributed by atoms with Gasteiger partial charge in [0.2, 0.25) is 0 Å². The first-order valence-corrected chi connectivity index (χ1v) is 17.7. The van der Waals surface area contributed by atoms with Crippen LogP contribution in [0.1, 0.15) is 59.8 Å². The van der Waals surface area contributed by atoms with E-state index in [0.29, 0.717) is 32.3 Å². The number of ether oxygens (including phenoxy) is 6. The van der Waals surface area contributed by atoms with Crippen molar-refractivity contribution in [3.05, 3.63) is 12.2 Å². The molecule has 2 fully saturated rings. The van der Waals surface area contributed by atoms with Crippen LogP contribution >= 0.6 is 0 Å². The van der Waals surface area contributed by atoms with Gasteiger partial charge in [0.05, 0.1) is 45.6 Å². The van der Waals surface area contributed by atoms with Crippen LogP contribution in [0.2, 0.25) is 18.1 Å². The summed E-state index contributed by atoms with van der Waals surface area (Å²) in [5, 5.41) is 0.0950. The Morgan fingerprint density at radius 3 is 2.41 bits per heavy atom. The Labute approximate surface area is 237 Å². The van der Waals surface area contributed by atoms with E-state index in [9.17, 15) is 4.79 Å². The molecule has 0 aromatic carbocycles. The van der Waals surface area contributed by atoms with Crippen molar-refractivity contribution in [2.75, 3.05) is 47.4 Å². The second-order valence-electron chi connectivity index (χ2n) is 13.0. The van der Waals surface area contributed by atoms with Crippen molar-refractivity contribution in [3.63, 3.8) is 0 Å². The molecule has 0 amide bonds. The zero-order chi connectivity index (χ0) is 28.6. The molecule has 1 saturated heterocycles. The average Bonchev–Trinajstić information content (AvgIpc) is 3.51. The van der Waals surface area contributed by atoms with Gasteiger partial charge in [0.25, 0.3) is 0 Å². The summed E-state index contributed by atoms with van der Waals surface area (Å²) in [6, 6.07) is 0. The van der Waals surface area contributed by atoms with Gasteiger partial charge in [0.1, 0.15) is 6.79 Å².